The van der Waals surface area contributed by atoms with E-state index in [4.69, 9.17) is 28.4 Å². The quantitative estimate of drug-likeness (QED) is 0.229. The maximum absolute atomic E-state index is 12.6. The molecule has 4 aliphatic heterocycles. The zero-order chi connectivity index (χ0) is 24.3. The molecule has 0 bridgehead atoms. The molecule has 34 heavy (non-hydrogen) atoms. The van der Waals surface area contributed by atoms with Crippen LogP contribution in [0.3, 0.4) is 0 Å². The first-order valence-corrected chi connectivity index (χ1v) is 12.0. The minimum absolute atomic E-state index is 0.161. The predicted octanol–water partition coefficient (Wildman–Crippen LogP) is 0.276. The lowest BCUT2D eigenvalue weighted by Crippen LogP contribution is -2.44. The Labute approximate surface area is 197 Å². The summed E-state index contributed by atoms with van der Waals surface area (Å²) in [6.07, 6.45) is 0.986. The molecular formula is C22H32N2O10. The van der Waals surface area contributed by atoms with Crippen LogP contribution in [0.15, 0.2) is 0 Å². The van der Waals surface area contributed by atoms with Gasteiger partial charge in [-0.1, -0.05) is 0 Å². The van der Waals surface area contributed by atoms with E-state index >= 15 is 0 Å². The summed E-state index contributed by atoms with van der Waals surface area (Å²) in [6, 6.07) is 0. The van der Waals surface area contributed by atoms with Crippen LogP contribution in [0.25, 0.3) is 0 Å². The molecule has 4 saturated heterocycles. The number of hydrogen-bond acceptors (Lipinski definition) is 10. The van der Waals surface area contributed by atoms with Gasteiger partial charge >= 0.3 is 11.9 Å². The Balaban J connectivity index is 1.24. The van der Waals surface area contributed by atoms with Gasteiger partial charge in [-0.25, -0.2) is 9.59 Å². The van der Waals surface area contributed by atoms with Crippen molar-refractivity contribution in [3.63, 3.8) is 0 Å². The molecule has 4 unspecified atom stereocenters. The number of carbonyl (C=O) groups excluding carboxylic acids is 4. The second kappa shape index (κ2) is 10.1. The summed E-state index contributed by atoms with van der Waals surface area (Å²) in [4.78, 5) is 52.1. The van der Waals surface area contributed by atoms with Gasteiger partial charge in [-0.2, -0.15) is 0 Å². The molecule has 190 valence electrons. The summed E-state index contributed by atoms with van der Waals surface area (Å²) in [6.45, 7) is 5.15. The van der Waals surface area contributed by atoms with Gasteiger partial charge in [-0.3, -0.25) is 19.4 Å². The predicted molar refractivity (Wildman–Crippen MR) is 112 cm³/mol. The molecule has 0 aliphatic carbocycles. The third kappa shape index (κ3) is 4.39. The van der Waals surface area contributed by atoms with Crippen molar-refractivity contribution in [1.82, 2.24) is 9.80 Å². The largest absolute Gasteiger partial charge is 0.464 e. The lowest BCUT2D eigenvalue weighted by molar-refractivity contribution is -0.277. The van der Waals surface area contributed by atoms with E-state index in [1.807, 2.05) is 0 Å². The highest BCUT2D eigenvalue weighted by molar-refractivity contribution is 6.03. The molecule has 0 aromatic rings. The van der Waals surface area contributed by atoms with E-state index in [-0.39, 0.29) is 26.4 Å². The van der Waals surface area contributed by atoms with Gasteiger partial charge in [0.1, 0.15) is 0 Å². The first-order valence-electron chi connectivity index (χ1n) is 12.0. The highest BCUT2D eigenvalue weighted by Crippen LogP contribution is 2.41. The standard InChI is InChI=1S/C22H32N2O10/c1-3-29-19(27)15-17(25)23-11-7-9-21(23,33-15)31-13-5-6-14-32-22-10-8-12-24(22)18(26)16(34-22)20(28)30-4-2/h15-16H,3-14H2,1-2H3. The Morgan fingerprint density at radius 2 is 1.24 bits per heavy atom. The highest BCUT2D eigenvalue weighted by atomic mass is 16.8. The van der Waals surface area contributed by atoms with E-state index in [0.29, 0.717) is 38.8 Å². The number of amides is 2. The fraction of sp³-hybridized carbons (Fsp3) is 0.818. The lowest BCUT2D eigenvalue weighted by atomic mass is 10.3. The maximum atomic E-state index is 12.6. The number of hydrogen-bond donors (Lipinski definition) is 0. The van der Waals surface area contributed by atoms with Gasteiger partial charge < -0.3 is 28.4 Å². The molecule has 12 heteroatoms. The van der Waals surface area contributed by atoms with Gasteiger partial charge in [0.15, 0.2) is 0 Å². The second-order valence-corrected chi connectivity index (χ2v) is 8.52. The molecule has 0 radical (unpaired) electrons. The van der Waals surface area contributed by atoms with Crippen molar-refractivity contribution in [1.29, 1.82) is 0 Å². The molecule has 0 aromatic carbocycles. The molecule has 4 heterocycles. The molecule has 0 saturated carbocycles. The Bertz CT molecular complexity index is 756. The van der Waals surface area contributed by atoms with E-state index in [0.717, 1.165) is 12.8 Å². The van der Waals surface area contributed by atoms with Crippen molar-refractivity contribution in [2.75, 3.05) is 39.5 Å². The average Bonchev–Trinajstić information content (AvgIpc) is 3.53. The van der Waals surface area contributed by atoms with E-state index in [1.165, 1.54) is 9.80 Å². The van der Waals surface area contributed by atoms with Crippen LogP contribution in [0.1, 0.15) is 52.4 Å². The summed E-state index contributed by atoms with van der Waals surface area (Å²) >= 11 is 0. The molecule has 0 spiro atoms. The zero-order valence-electron chi connectivity index (χ0n) is 19.6. The number of esters is 2. The minimum atomic E-state index is -1.29. The van der Waals surface area contributed by atoms with Crippen LogP contribution >= 0.6 is 0 Å². The van der Waals surface area contributed by atoms with Gasteiger partial charge in [0.2, 0.25) is 12.2 Å². The van der Waals surface area contributed by atoms with E-state index in [2.05, 4.69) is 0 Å². The molecule has 2 amide bonds. The van der Waals surface area contributed by atoms with Gasteiger partial charge in [0.05, 0.1) is 26.4 Å². The number of carbonyl (C=O) groups is 4. The normalized spacial score (nSPS) is 32.3. The van der Waals surface area contributed by atoms with Gasteiger partial charge in [0.25, 0.3) is 23.6 Å². The van der Waals surface area contributed by atoms with Crippen LogP contribution in [0.2, 0.25) is 0 Å². The van der Waals surface area contributed by atoms with Crippen LogP contribution in [-0.2, 0) is 47.6 Å². The van der Waals surface area contributed by atoms with E-state index in [1.54, 1.807) is 13.8 Å². The molecule has 4 atom stereocenters. The molecule has 4 rings (SSSR count). The van der Waals surface area contributed by atoms with Crippen molar-refractivity contribution in [3.8, 4) is 0 Å². The van der Waals surface area contributed by atoms with Crippen molar-refractivity contribution < 1.29 is 47.6 Å². The summed E-state index contributed by atoms with van der Waals surface area (Å²) in [7, 11) is 0. The molecular weight excluding hydrogens is 452 g/mol. The summed E-state index contributed by atoms with van der Waals surface area (Å²) in [5, 5.41) is 0. The topological polar surface area (TPSA) is 130 Å². The number of fused-ring (bicyclic) bond motifs is 2. The van der Waals surface area contributed by atoms with Crippen LogP contribution < -0.4 is 0 Å². The van der Waals surface area contributed by atoms with Crippen LogP contribution in [0, 0.1) is 0 Å². The van der Waals surface area contributed by atoms with Crippen LogP contribution in [0.4, 0.5) is 0 Å². The fourth-order valence-electron chi connectivity index (χ4n) is 4.85. The first kappa shape index (κ1) is 24.8. The first-order chi connectivity index (χ1) is 16.4. The maximum Gasteiger partial charge on any atom is 0.345 e. The van der Waals surface area contributed by atoms with Crippen molar-refractivity contribution in [3.05, 3.63) is 0 Å². The summed E-state index contributed by atoms with van der Waals surface area (Å²) < 4.78 is 33.3. The van der Waals surface area contributed by atoms with Crippen LogP contribution in [-0.4, -0.2) is 97.1 Å². The van der Waals surface area contributed by atoms with Crippen molar-refractivity contribution in [2.24, 2.45) is 0 Å². The second-order valence-electron chi connectivity index (χ2n) is 8.52. The molecule has 0 N–H and O–H groups in total. The fourth-order valence-corrected chi connectivity index (χ4v) is 4.85. The number of ether oxygens (including phenoxy) is 6. The minimum Gasteiger partial charge on any atom is -0.464 e. The number of rotatable bonds is 11. The average molecular weight is 485 g/mol. The Morgan fingerprint density at radius 3 is 1.62 bits per heavy atom. The number of unbranched alkanes of at least 4 members (excludes halogenated alkanes) is 1. The number of nitrogens with zero attached hydrogens (tertiary/aromatic N) is 2. The SMILES string of the molecule is CCOC(=O)C1OC2(OCCCCOC34CCCN3C(=O)C(C(=O)OCC)O4)CCCN2C1=O. The highest BCUT2D eigenvalue weighted by Gasteiger charge is 2.60. The van der Waals surface area contributed by atoms with Gasteiger partial charge in [-0.15, -0.1) is 0 Å². The zero-order valence-corrected chi connectivity index (χ0v) is 19.6. The lowest BCUT2D eigenvalue weighted by Gasteiger charge is -2.31. The molecule has 0 aromatic heterocycles. The summed E-state index contributed by atoms with van der Waals surface area (Å²) in [5.41, 5.74) is 0. The summed E-state index contributed by atoms with van der Waals surface area (Å²) in [5.74, 6) is -4.73. The monoisotopic (exact) mass is 484 g/mol. The van der Waals surface area contributed by atoms with Crippen LogP contribution in [0.5, 0.6) is 0 Å². The van der Waals surface area contributed by atoms with Gasteiger partial charge in [-0.05, 0) is 39.5 Å². The Morgan fingerprint density at radius 1 is 0.824 bits per heavy atom. The molecule has 4 fully saturated rings. The van der Waals surface area contributed by atoms with E-state index in [9.17, 15) is 19.2 Å². The van der Waals surface area contributed by atoms with E-state index < -0.39 is 47.8 Å². The third-order valence-electron chi connectivity index (χ3n) is 6.35. The smallest absolute Gasteiger partial charge is 0.345 e. The third-order valence-corrected chi connectivity index (χ3v) is 6.35. The molecule has 4 aliphatic rings. The van der Waals surface area contributed by atoms with Gasteiger partial charge in [0, 0.05) is 25.9 Å². The van der Waals surface area contributed by atoms with Crippen molar-refractivity contribution in [2.45, 2.75) is 76.4 Å². The Hall–Kier alpha value is -2.28. The van der Waals surface area contributed by atoms with Crippen molar-refractivity contribution >= 4 is 23.8 Å². The molecule has 12 nitrogen and oxygen atoms in total. The Kier molecular flexibility index (Phi) is 7.41.